The number of aryl methyl sites for hydroxylation is 1. The van der Waals surface area contributed by atoms with Crippen LogP contribution in [0.1, 0.15) is 25.7 Å². The van der Waals surface area contributed by atoms with E-state index in [1.54, 1.807) is 6.92 Å². The van der Waals surface area contributed by atoms with Crippen molar-refractivity contribution in [1.82, 2.24) is 4.98 Å². The summed E-state index contributed by atoms with van der Waals surface area (Å²) in [6, 6.07) is 3.14. The molecule has 1 heterocycles. The molecule has 0 aliphatic rings. The van der Waals surface area contributed by atoms with E-state index in [2.05, 4.69) is 10.3 Å². The summed E-state index contributed by atoms with van der Waals surface area (Å²) in [4.78, 5) is 26.9. The van der Waals surface area contributed by atoms with Gasteiger partial charge in [0.05, 0.1) is 16.9 Å². The first-order valence-electron chi connectivity index (χ1n) is 5.45. The SMILES string of the molecule is Cc1nc(N)sc1C(=O)Nc1cc(C(=O)O)ccc1F. The van der Waals surface area contributed by atoms with Gasteiger partial charge in [0, 0.05) is 0 Å². The van der Waals surface area contributed by atoms with Gasteiger partial charge in [0.25, 0.3) is 5.91 Å². The molecule has 2 aromatic rings. The van der Waals surface area contributed by atoms with E-state index in [9.17, 15) is 14.0 Å². The van der Waals surface area contributed by atoms with Crippen LogP contribution < -0.4 is 11.1 Å². The van der Waals surface area contributed by atoms with Gasteiger partial charge >= 0.3 is 5.97 Å². The minimum absolute atomic E-state index is 0.123. The Morgan fingerprint density at radius 2 is 2.15 bits per heavy atom. The minimum atomic E-state index is -1.21. The van der Waals surface area contributed by atoms with Crippen LogP contribution in [0.3, 0.4) is 0 Å². The Bertz CT molecular complexity index is 699. The second-order valence-corrected chi connectivity index (χ2v) is 4.95. The number of carbonyl (C=O) groups excluding carboxylic acids is 1. The summed E-state index contributed by atoms with van der Waals surface area (Å²) < 4.78 is 13.6. The fourth-order valence-electron chi connectivity index (χ4n) is 1.56. The number of nitrogen functional groups attached to an aromatic ring is 1. The number of thiazole rings is 1. The van der Waals surface area contributed by atoms with E-state index < -0.39 is 17.7 Å². The van der Waals surface area contributed by atoms with Crippen molar-refractivity contribution in [1.29, 1.82) is 0 Å². The van der Waals surface area contributed by atoms with Gasteiger partial charge in [-0.25, -0.2) is 14.2 Å². The van der Waals surface area contributed by atoms with Crippen molar-refractivity contribution in [2.75, 3.05) is 11.1 Å². The Hall–Kier alpha value is -2.48. The molecular weight excluding hydrogens is 285 g/mol. The Balaban J connectivity index is 2.30. The van der Waals surface area contributed by atoms with Crippen molar-refractivity contribution in [2.45, 2.75) is 6.92 Å². The van der Waals surface area contributed by atoms with Gasteiger partial charge in [-0.15, -0.1) is 0 Å². The summed E-state index contributed by atoms with van der Waals surface area (Å²) in [6.45, 7) is 1.60. The van der Waals surface area contributed by atoms with Crippen molar-refractivity contribution in [3.8, 4) is 0 Å². The van der Waals surface area contributed by atoms with Crippen LogP contribution in [0.4, 0.5) is 15.2 Å². The van der Waals surface area contributed by atoms with Crippen LogP contribution in [0.2, 0.25) is 0 Å². The first-order chi connectivity index (χ1) is 9.38. The van der Waals surface area contributed by atoms with Gasteiger partial charge in [-0.05, 0) is 25.1 Å². The van der Waals surface area contributed by atoms with Crippen LogP contribution in [0.15, 0.2) is 18.2 Å². The third-order valence-corrected chi connectivity index (χ3v) is 3.47. The maximum atomic E-state index is 13.6. The fraction of sp³-hybridized carbons (Fsp3) is 0.0833. The van der Waals surface area contributed by atoms with Gasteiger partial charge in [-0.2, -0.15) is 0 Å². The lowest BCUT2D eigenvalue weighted by Gasteiger charge is -2.06. The molecule has 0 atom stereocenters. The third kappa shape index (κ3) is 2.75. The number of nitrogens with zero attached hydrogens (tertiary/aromatic N) is 1. The van der Waals surface area contributed by atoms with Crippen LogP contribution in [0, 0.1) is 12.7 Å². The van der Waals surface area contributed by atoms with Gasteiger partial charge in [0.2, 0.25) is 0 Å². The van der Waals surface area contributed by atoms with Crippen molar-refractivity contribution in [3.05, 3.63) is 40.2 Å². The van der Waals surface area contributed by atoms with Gasteiger partial charge in [0.15, 0.2) is 5.13 Å². The lowest BCUT2D eigenvalue weighted by atomic mass is 10.2. The number of hydrogen-bond acceptors (Lipinski definition) is 5. The number of carbonyl (C=O) groups is 2. The summed E-state index contributed by atoms with van der Waals surface area (Å²) in [5.41, 5.74) is 5.58. The van der Waals surface area contributed by atoms with Gasteiger partial charge in [-0.3, -0.25) is 4.79 Å². The zero-order valence-electron chi connectivity index (χ0n) is 10.3. The molecule has 0 saturated carbocycles. The number of carboxylic acid groups (broad SMARTS) is 1. The standard InChI is InChI=1S/C12H10FN3O3S/c1-5-9(20-12(14)15-5)10(17)16-8-4-6(11(18)19)2-3-7(8)13/h2-4H,1H3,(H2,14,15)(H,16,17)(H,18,19). The molecule has 0 aliphatic heterocycles. The van der Waals surface area contributed by atoms with E-state index in [1.165, 1.54) is 0 Å². The highest BCUT2D eigenvalue weighted by atomic mass is 32.1. The molecule has 1 amide bonds. The summed E-state index contributed by atoms with van der Waals surface area (Å²) >= 11 is 0.974. The van der Waals surface area contributed by atoms with Crippen LogP contribution >= 0.6 is 11.3 Å². The van der Waals surface area contributed by atoms with Gasteiger partial charge < -0.3 is 16.2 Å². The highest BCUT2D eigenvalue weighted by Crippen LogP contribution is 2.22. The summed E-state index contributed by atoms with van der Waals surface area (Å²) in [7, 11) is 0. The molecule has 4 N–H and O–H groups in total. The molecule has 0 aliphatic carbocycles. The average Bonchev–Trinajstić information content (AvgIpc) is 2.71. The highest BCUT2D eigenvalue weighted by molar-refractivity contribution is 7.17. The number of benzene rings is 1. The lowest BCUT2D eigenvalue weighted by Crippen LogP contribution is -2.13. The van der Waals surface area contributed by atoms with E-state index in [0.717, 1.165) is 29.5 Å². The van der Waals surface area contributed by atoms with Crippen LogP contribution in [-0.4, -0.2) is 22.0 Å². The number of aromatic nitrogens is 1. The Morgan fingerprint density at radius 1 is 1.45 bits per heavy atom. The quantitative estimate of drug-likeness (QED) is 0.804. The van der Waals surface area contributed by atoms with Crippen molar-refractivity contribution in [3.63, 3.8) is 0 Å². The number of anilines is 2. The Morgan fingerprint density at radius 3 is 2.70 bits per heavy atom. The predicted molar refractivity (Wildman–Crippen MR) is 72.6 cm³/mol. The van der Waals surface area contributed by atoms with Crippen molar-refractivity contribution in [2.24, 2.45) is 0 Å². The largest absolute Gasteiger partial charge is 0.478 e. The summed E-state index contributed by atoms with van der Waals surface area (Å²) in [6.07, 6.45) is 0. The van der Waals surface area contributed by atoms with E-state index >= 15 is 0 Å². The molecule has 0 fully saturated rings. The molecular formula is C12H10FN3O3S. The van der Waals surface area contributed by atoms with Crippen LogP contribution in [-0.2, 0) is 0 Å². The molecule has 20 heavy (non-hydrogen) atoms. The van der Waals surface area contributed by atoms with Gasteiger partial charge in [0.1, 0.15) is 10.7 Å². The van der Waals surface area contributed by atoms with Crippen molar-refractivity contribution >= 4 is 34.0 Å². The first kappa shape index (κ1) is 13.9. The second-order valence-electron chi connectivity index (χ2n) is 3.92. The number of rotatable bonds is 3. The monoisotopic (exact) mass is 295 g/mol. The zero-order valence-corrected chi connectivity index (χ0v) is 11.1. The summed E-state index contributed by atoms with van der Waals surface area (Å²) in [5.74, 6) is -2.52. The number of nitrogens with two attached hydrogens (primary N) is 1. The molecule has 0 spiro atoms. The van der Waals surface area contributed by atoms with Gasteiger partial charge in [-0.1, -0.05) is 11.3 Å². The van der Waals surface area contributed by atoms with Crippen LogP contribution in [0.5, 0.6) is 0 Å². The molecule has 104 valence electrons. The smallest absolute Gasteiger partial charge is 0.335 e. The molecule has 0 bridgehead atoms. The van der Waals surface area contributed by atoms with E-state index in [1.807, 2.05) is 0 Å². The number of hydrogen-bond donors (Lipinski definition) is 3. The first-order valence-corrected chi connectivity index (χ1v) is 6.27. The molecule has 0 unspecified atom stereocenters. The minimum Gasteiger partial charge on any atom is -0.478 e. The molecule has 6 nitrogen and oxygen atoms in total. The van der Waals surface area contributed by atoms with Crippen molar-refractivity contribution < 1.29 is 19.1 Å². The zero-order chi connectivity index (χ0) is 14.9. The number of nitrogens with one attached hydrogen (secondary N) is 1. The molecule has 0 radical (unpaired) electrons. The normalized spacial score (nSPS) is 10.3. The number of amides is 1. The predicted octanol–water partition coefficient (Wildman–Crippen LogP) is 2.12. The highest BCUT2D eigenvalue weighted by Gasteiger charge is 2.17. The molecule has 1 aromatic heterocycles. The van der Waals surface area contributed by atoms with E-state index in [-0.39, 0.29) is 21.3 Å². The maximum Gasteiger partial charge on any atom is 0.335 e. The number of carboxylic acids is 1. The maximum absolute atomic E-state index is 13.6. The molecule has 1 aromatic carbocycles. The summed E-state index contributed by atoms with van der Waals surface area (Å²) in [5, 5.41) is 11.4. The Kier molecular flexibility index (Phi) is 3.66. The molecule has 0 saturated heterocycles. The number of halogens is 1. The van der Waals surface area contributed by atoms with E-state index in [4.69, 9.17) is 10.8 Å². The average molecular weight is 295 g/mol. The van der Waals surface area contributed by atoms with Crippen LogP contribution in [0.25, 0.3) is 0 Å². The topological polar surface area (TPSA) is 105 Å². The van der Waals surface area contributed by atoms with E-state index in [0.29, 0.717) is 5.69 Å². The Labute approximate surface area is 117 Å². The third-order valence-electron chi connectivity index (χ3n) is 2.48. The molecule has 8 heteroatoms. The second kappa shape index (κ2) is 5.25. The molecule has 2 rings (SSSR count). The number of aromatic carboxylic acids is 1. The fourth-order valence-corrected chi connectivity index (χ4v) is 2.29. The lowest BCUT2D eigenvalue weighted by molar-refractivity contribution is 0.0696.